The molecule has 2 heterocycles. The maximum Gasteiger partial charge on any atom is 0.317 e. The van der Waals surface area contributed by atoms with E-state index in [4.69, 9.17) is 0 Å². The molecule has 0 aromatic rings. The minimum atomic E-state index is 0.00759. The summed E-state index contributed by atoms with van der Waals surface area (Å²) >= 11 is 0. The number of carbonyl (C=O) groups excluding carboxylic acids is 2. The third-order valence-electron chi connectivity index (χ3n) is 2.64. The van der Waals surface area contributed by atoms with E-state index in [0.717, 1.165) is 13.1 Å². The van der Waals surface area contributed by atoms with Crippen LogP contribution in [0.5, 0.6) is 0 Å². The van der Waals surface area contributed by atoms with Gasteiger partial charge in [-0.3, -0.25) is 4.79 Å². The zero-order valence-electron chi connectivity index (χ0n) is 7.62. The Kier molecular flexibility index (Phi) is 1.86. The summed E-state index contributed by atoms with van der Waals surface area (Å²) in [5.41, 5.74) is 0. The largest absolute Gasteiger partial charge is 0.339 e. The summed E-state index contributed by atoms with van der Waals surface area (Å²) in [4.78, 5) is 25.6. The van der Waals surface area contributed by atoms with Crippen LogP contribution in [-0.4, -0.2) is 54.0 Å². The maximum absolute atomic E-state index is 11.2. The summed E-state index contributed by atoms with van der Waals surface area (Å²) in [6, 6.07) is 0.250. The van der Waals surface area contributed by atoms with Gasteiger partial charge in [-0.2, -0.15) is 0 Å². The summed E-state index contributed by atoms with van der Waals surface area (Å²) in [6.45, 7) is 4.45. The Morgan fingerprint density at radius 2 is 2.23 bits per heavy atom. The van der Waals surface area contributed by atoms with E-state index < -0.39 is 0 Å². The Labute approximate surface area is 76.7 Å². The van der Waals surface area contributed by atoms with Crippen LogP contribution in [0, 0.1) is 0 Å². The fraction of sp³-hybridized carbons (Fsp3) is 0.750. The van der Waals surface area contributed by atoms with Crippen molar-refractivity contribution in [1.82, 2.24) is 15.1 Å². The van der Waals surface area contributed by atoms with Crippen molar-refractivity contribution in [3.8, 4) is 0 Å². The number of likely N-dealkylation sites (tertiary alicyclic amines) is 1. The summed E-state index contributed by atoms with van der Waals surface area (Å²) in [7, 11) is 0. The molecule has 2 aliphatic rings. The van der Waals surface area contributed by atoms with E-state index in [1.807, 2.05) is 0 Å². The van der Waals surface area contributed by atoms with Crippen LogP contribution in [0.1, 0.15) is 6.92 Å². The molecule has 0 aromatic heterocycles. The molecule has 2 aliphatic heterocycles. The Bertz CT molecular complexity index is 248. The molecule has 0 aliphatic carbocycles. The molecular formula is C8H13N3O2. The first-order valence-corrected chi connectivity index (χ1v) is 4.48. The van der Waals surface area contributed by atoms with Crippen molar-refractivity contribution in [2.45, 2.75) is 13.0 Å². The predicted octanol–water partition coefficient (Wildman–Crippen LogP) is -0.758. The zero-order chi connectivity index (χ0) is 9.42. The van der Waals surface area contributed by atoms with E-state index in [-0.39, 0.29) is 18.0 Å². The number of amides is 3. The quantitative estimate of drug-likeness (QED) is 0.581. The minimum absolute atomic E-state index is 0.00759. The highest BCUT2D eigenvalue weighted by molar-refractivity contribution is 5.78. The van der Waals surface area contributed by atoms with Gasteiger partial charge in [0.15, 0.2) is 0 Å². The Morgan fingerprint density at radius 1 is 1.54 bits per heavy atom. The van der Waals surface area contributed by atoms with Gasteiger partial charge >= 0.3 is 6.03 Å². The third-order valence-corrected chi connectivity index (χ3v) is 2.64. The van der Waals surface area contributed by atoms with Gasteiger partial charge in [0.05, 0.1) is 6.04 Å². The normalized spacial score (nSPS) is 23.0. The summed E-state index contributed by atoms with van der Waals surface area (Å²) in [5.74, 6) is 0.0934. The molecule has 5 heteroatoms. The van der Waals surface area contributed by atoms with Crippen LogP contribution in [0.3, 0.4) is 0 Å². The Balaban J connectivity index is 1.86. The van der Waals surface area contributed by atoms with E-state index in [1.54, 1.807) is 16.7 Å². The van der Waals surface area contributed by atoms with Crippen molar-refractivity contribution in [2.24, 2.45) is 0 Å². The second-order valence-electron chi connectivity index (χ2n) is 3.50. The number of nitrogens with one attached hydrogen (secondary N) is 1. The highest BCUT2D eigenvalue weighted by Gasteiger charge is 2.37. The van der Waals surface area contributed by atoms with Gasteiger partial charge in [-0.15, -0.1) is 0 Å². The molecule has 72 valence electrons. The van der Waals surface area contributed by atoms with E-state index in [9.17, 15) is 9.59 Å². The molecule has 2 rings (SSSR count). The zero-order valence-corrected chi connectivity index (χ0v) is 7.62. The van der Waals surface area contributed by atoms with Crippen LogP contribution < -0.4 is 5.32 Å². The number of carbonyl (C=O) groups is 2. The number of nitrogens with zero attached hydrogens (tertiary/aromatic N) is 2. The van der Waals surface area contributed by atoms with Gasteiger partial charge in [-0.25, -0.2) is 4.79 Å². The lowest BCUT2D eigenvalue weighted by atomic mass is 10.1. The molecule has 13 heavy (non-hydrogen) atoms. The van der Waals surface area contributed by atoms with E-state index in [1.165, 1.54) is 0 Å². The van der Waals surface area contributed by atoms with Crippen LogP contribution in [0.25, 0.3) is 0 Å². The Morgan fingerprint density at radius 3 is 2.69 bits per heavy atom. The topological polar surface area (TPSA) is 52.7 Å². The second-order valence-corrected chi connectivity index (χ2v) is 3.50. The fourth-order valence-corrected chi connectivity index (χ4v) is 1.74. The van der Waals surface area contributed by atoms with Crippen LogP contribution in [-0.2, 0) is 4.79 Å². The van der Waals surface area contributed by atoms with Crippen molar-refractivity contribution in [1.29, 1.82) is 0 Å². The molecule has 1 N–H and O–H groups in total. The van der Waals surface area contributed by atoms with Crippen LogP contribution in [0.4, 0.5) is 4.79 Å². The molecule has 0 radical (unpaired) electrons. The van der Waals surface area contributed by atoms with Crippen molar-refractivity contribution in [2.75, 3.05) is 26.2 Å². The van der Waals surface area contributed by atoms with Crippen LogP contribution in [0.15, 0.2) is 0 Å². The highest BCUT2D eigenvalue weighted by Crippen LogP contribution is 2.16. The average Bonchev–Trinajstić information content (AvgIpc) is 2.32. The molecule has 5 nitrogen and oxygen atoms in total. The van der Waals surface area contributed by atoms with Crippen LogP contribution in [0.2, 0.25) is 0 Å². The van der Waals surface area contributed by atoms with Crippen molar-refractivity contribution < 1.29 is 9.59 Å². The van der Waals surface area contributed by atoms with E-state index in [2.05, 4.69) is 5.32 Å². The van der Waals surface area contributed by atoms with Crippen molar-refractivity contribution >= 4 is 11.9 Å². The SMILES string of the molecule is CC(=O)N1CC(N2CCNC2=O)C1. The second kappa shape index (κ2) is 2.90. The molecule has 0 aromatic carbocycles. The van der Waals surface area contributed by atoms with Gasteiger partial charge in [-0.1, -0.05) is 0 Å². The number of hydrogen-bond acceptors (Lipinski definition) is 2. The predicted molar refractivity (Wildman–Crippen MR) is 46.1 cm³/mol. The monoisotopic (exact) mass is 183 g/mol. The molecule has 0 unspecified atom stereocenters. The highest BCUT2D eigenvalue weighted by atomic mass is 16.2. The molecule has 0 atom stereocenters. The molecule has 2 fully saturated rings. The van der Waals surface area contributed by atoms with E-state index in [0.29, 0.717) is 13.1 Å². The number of urea groups is 1. The average molecular weight is 183 g/mol. The molecule has 2 saturated heterocycles. The minimum Gasteiger partial charge on any atom is -0.339 e. The van der Waals surface area contributed by atoms with Crippen LogP contribution >= 0.6 is 0 Å². The summed E-state index contributed by atoms with van der Waals surface area (Å²) in [5, 5.41) is 2.75. The summed E-state index contributed by atoms with van der Waals surface area (Å²) < 4.78 is 0. The molecule has 0 bridgehead atoms. The standard InChI is InChI=1S/C8H13N3O2/c1-6(12)10-4-7(5-10)11-3-2-9-8(11)13/h7H,2-5H2,1H3,(H,9,13). The van der Waals surface area contributed by atoms with Gasteiger partial charge in [0, 0.05) is 33.1 Å². The number of hydrogen-bond donors (Lipinski definition) is 1. The van der Waals surface area contributed by atoms with E-state index >= 15 is 0 Å². The Hall–Kier alpha value is -1.26. The lowest BCUT2D eigenvalue weighted by Crippen LogP contribution is -2.61. The maximum atomic E-state index is 11.2. The molecule has 0 saturated carbocycles. The van der Waals surface area contributed by atoms with Crippen molar-refractivity contribution in [3.63, 3.8) is 0 Å². The molecular weight excluding hydrogens is 170 g/mol. The summed E-state index contributed by atoms with van der Waals surface area (Å²) in [6.07, 6.45) is 0. The van der Waals surface area contributed by atoms with Gasteiger partial charge in [0.2, 0.25) is 5.91 Å². The van der Waals surface area contributed by atoms with Gasteiger partial charge in [0.1, 0.15) is 0 Å². The first kappa shape index (κ1) is 8.34. The first-order chi connectivity index (χ1) is 6.18. The van der Waals surface area contributed by atoms with Gasteiger partial charge < -0.3 is 15.1 Å². The lowest BCUT2D eigenvalue weighted by molar-refractivity contribution is -0.135. The molecule has 3 amide bonds. The fourth-order valence-electron chi connectivity index (χ4n) is 1.74. The third kappa shape index (κ3) is 1.34. The van der Waals surface area contributed by atoms with Gasteiger partial charge in [0.25, 0.3) is 0 Å². The first-order valence-electron chi connectivity index (χ1n) is 4.48. The smallest absolute Gasteiger partial charge is 0.317 e. The van der Waals surface area contributed by atoms with Gasteiger partial charge in [-0.05, 0) is 0 Å². The number of rotatable bonds is 1. The lowest BCUT2D eigenvalue weighted by Gasteiger charge is -2.42. The van der Waals surface area contributed by atoms with Crippen molar-refractivity contribution in [3.05, 3.63) is 0 Å². The molecule has 0 spiro atoms.